The van der Waals surface area contributed by atoms with Crippen LogP contribution in [0.5, 0.6) is 5.75 Å². The summed E-state index contributed by atoms with van der Waals surface area (Å²) in [6.45, 7) is 19.2. The summed E-state index contributed by atoms with van der Waals surface area (Å²) >= 11 is 0. The van der Waals surface area contributed by atoms with E-state index in [1.165, 1.54) is 5.56 Å². The second-order valence-corrected chi connectivity index (χ2v) is 8.56. The Bertz CT molecular complexity index is 440. The summed E-state index contributed by atoms with van der Waals surface area (Å²) in [6.07, 6.45) is 0. The van der Waals surface area contributed by atoms with Gasteiger partial charge >= 0.3 is 0 Å². The van der Waals surface area contributed by atoms with Crippen molar-refractivity contribution in [3.05, 3.63) is 28.8 Å². The Balaban J connectivity index is 3.21. The number of benzene rings is 1. The third-order valence-corrected chi connectivity index (χ3v) is 3.67. The molecular formula is C19H33NO. The van der Waals surface area contributed by atoms with Crippen LogP contribution in [-0.2, 0) is 17.4 Å². The van der Waals surface area contributed by atoms with Gasteiger partial charge in [-0.2, -0.15) is 0 Å². The molecule has 1 rings (SSSR count). The predicted molar refractivity (Wildman–Crippen MR) is 92.1 cm³/mol. The van der Waals surface area contributed by atoms with Gasteiger partial charge in [-0.3, -0.25) is 0 Å². The number of phenols is 1. The van der Waals surface area contributed by atoms with E-state index < -0.39 is 0 Å². The number of aromatic hydroxyl groups is 1. The van der Waals surface area contributed by atoms with E-state index in [-0.39, 0.29) is 10.8 Å². The minimum Gasteiger partial charge on any atom is -0.507 e. The molecule has 0 amide bonds. The van der Waals surface area contributed by atoms with E-state index in [2.05, 4.69) is 72.8 Å². The van der Waals surface area contributed by atoms with Crippen LogP contribution < -0.4 is 5.32 Å². The molecule has 1 aromatic rings. The zero-order chi connectivity index (χ0) is 16.4. The molecule has 0 fully saturated rings. The van der Waals surface area contributed by atoms with E-state index in [0.717, 1.165) is 24.2 Å². The molecule has 0 spiro atoms. The first-order chi connectivity index (χ1) is 9.43. The summed E-state index contributed by atoms with van der Waals surface area (Å²) in [4.78, 5) is 0. The monoisotopic (exact) mass is 291 g/mol. The van der Waals surface area contributed by atoms with Crippen LogP contribution in [0.2, 0.25) is 0 Å². The zero-order valence-electron chi connectivity index (χ0n) is 15.1. The van der Waals surface area contributed by atoms with Gasteiger partial charge in [0, 0.05) is 6.54 Å². The summed E-state index contributed by atoms with van der Waals surface area (Å²) in [5, 5.41) is 14.2. The van der Waals surface area contributed by atoms with Gasteiger partial charge in [0.15, 0.2) is 0 Å². The third-order valence-electron chi connectivity index (χ3n) is 3.67. The van der Waals surface area contributed by atoms with Gasteiger partial charge in [0.05, 0.1) is 0 Å². The van der Waals surface area contributed by atoms with Crippen molar-refractivity contribution in [3.8, 4) is 5.75 Å². The van der Waals surface area contributed by atoms with Crippen molar-refractivity contribution < 1.29 is 5.11 Å². The minimum atomic E-state index is -0.0574. The summed E-state index contributed by atoms with van der Waals surface area (Å²) in [6, 6.07) is 4.30. The molecule has 0 aromatic heterocycles. The lowest BCUT2D eigenvalue weighted by Gasteiger charge is -2.28. The van der Waals surface area contributed by atoms with Gasteiger partial charge in [0.2, 0.25) is 0 Å². The van der Waals surface area contributed by atoms with E-state index in [1.807, 2.05) is 0 Å². The molecule has 0 bridgehead atoms. The SMILES string of the molecule is CC(C)CNCc1cc(C(C)(C)C)c(O)c(C(C)(C)C)c1. The number of hydrogen-bond donors (Lipinski definition) is 2. The number of hydrogen-bond acceptors (Lipinski definition) is 2. The summed E-state index contributed by atoms with van der Waals surface area (Å²) in [5.74, 6) is 1.11. The van der Waals surface area contributed by atoms with Crippen molar-refractivity contribution in [1.82, 2.24) is 5.32 Å². The van der Waals surface area contributed by atoms with E-state index in [1.54, 1.807) is 0 Å². The fraction of sp³-hybridized carbons (Fsp3) is 0.684. The van der Waals surface area contributed by atoms with Crippen molar-refractivity contribution >= 4 is 0 Å². The fourth-order valence-electron chi connectivity index (χ4n) is 2.44. The summed E-state index contributed by atoms with van der Waals surface area (Å²) in [7, 11) is 0. The molecule has 0 aliphatic rings. The molecule has 0 aliphatic heterocycles. The predicted octanol–water partition coefficient (Wildman–Crippen LogP) is 4.73. The summed E-state index contributed by atoms with van der Waals surface area (Å²) in [5.41, 5.74) is 3.21. The van der Waals surface area contributed by atoms with Gasteiger partial charge in [0.1, 0.15) is 5.75 Å². The Morgan fingerprint density at radius 1 is 0.952 bits per heavy atom. The summed E-state index contributed by atoms with van der Waals surface area (Å²) < 4.78 is 0. The Hall–Kier alpha value is -1.02. The van der Waals surface area contributed by atoms with Gasteiger partial charge in [0.25, 0.3) is 0 Å². The first-order valence-electron chi connectivity index (χ1n) is 8.00. The van der Waals surface area contributed by atoms with Crippen LogP contribution in [0, 0.1) is 5.92 Å². The van der Waals surface area contributed by atoms with Crippen molar-refractivity contribution in [2.24, 2.45) is 5.92 Å². The Labute approximate surface area is 131 Å². The van der Waals surface area contributed by atoms with Gasteiger partial charge < -0.3 is 10.4 Å². The maximum absolute atomic E-state index is 10.7. The molecule has 0 radical (unpaired) electrons. The van der Waals surface area contributed by atoms with Crippen LogP contribution in [0.1, 0.15) is 72.1 Å². The second kappa shape index (κ2) is 6.39. The number of phenolic OH excluding ortho intramolecular Hbond substituents is 1. The molecule has 2 N–H and O–H groups in total. The molecule has 1 aromatic carbocycles. The smallest absolute Gasteiger partial charge is 0.123 e. The fourth-order valence-corrected chi connectivity index (χ4v) is 2.44. The standard InChI is InChI=1S/C19H33NO/c1-13(2)11-20-12-14-9-15(18(3,4)5)17(21)16(10-14)19(6,7)8/h9-10,13,20-21H,11-12H2,1-8H3. The lowest BCUT2D eigenvalue weighted by Crippen LogP contribution is -2.22. The van der Waals surface area contributed by atoms with Crippen LogP contribution in [0.4, 0.5) is 0 Å². The lowest BCUT2D eigenvalue weighted by atomic mass is 9.78. The minimum absolute atomic E-state index is 0.0574. The van der Waals surface area contributed by atoms with Gasteiger partial charge in [-0.05, 0) is 40.0 Å². The third kappa shape index (κ3) is 5.03. The molecule has 0 unspecified atom stereocenters. The normalized spacial score (nSPS) is 13.0. The van der Waals surface area contributed by atoms with Crippen molar-refractivity contribution in [1.29, 1.82) is 0 Å². The van der Waals surface area contributed by atoms with E-state index >= 15 is 0 Å². The Morgan fingerprint density at radius 3 is 1.71 bits per heavy atom. The van der Waals surface area contributed by atoms with Gasteiger partial charge in [-0.15, -0.1) is 0 Å². The molecule has 0 saturated heterocycles. The van der Waals surface area contributed by atoms with E-state index in [9.17, 15) is 5.11 Å². The highest BCUT2D eigenvalue weighted by atomic mass is 16.3. The van der Waals surface area contributed by atoms with E-state index in [4.69, 9.17) is 0 Å². The lowest BCUT2D eigenvalue weighted by molar-refractivity contribution is 0.422. The zero-order valence-corrected chi connectivity index (χ0v) is 15.1. The highest BCUT2D eigenvalue weighted by Gasteiger charge is 2.26. The van der Waals surface area contributed by atoms with Crippen molar-refractivity contribution in [3.63, 3.8) is 0 Å². The van der Waals surface area contributed by atoms with Crippen LogP contribution >= 0.6 is 0 Å². The highest BCUT2D eigenvalue weighted by Crippen LogP contribution is 2.39. The Kier molecular flexibility index (Phi) is 5.49. The average Bonchev–Trinajstić information content (AvgIpc) is 2.27. The quantitative estimate of drug-likeness (QED) is 0.840. The number of rotatable bonds is 4. The molecule has 21 heavy (non-hydrogen) atoms. The van der Waals surface area contributed by atoms with Crippen LogP contribution in [-0.4, -0.2) is 11.7 Å². The van der Waals surface area contributed by atoms with Crippen molar-refractivity contribution in [2.75, 3.05) is 6.54 Å². The topological polar surface area (TPSA) is 32.3 Å². The molecule has 120 valence electrons. The van der Waals surface area contributed by atoms with Gasteiger partial charge in [-0.1, -0.05) is 67.5 Å². The van der Waals surface area contributed by atoms with Crippen LogP contribution in [0.3, 0.4) is 0 Å². The first-order valence-corrected chi connectivity index (χ1v) is 8.00. The van der Waals surface area contributed by atoms with Gasteiger partial charge in [-0.25, -0.2) is 0 Å². The average molecular weight is 291 g/mol. The van der Waals surface area contributed by atoms with E-state index in [0.29, 0.717) is 11.7 Å². The van der Waals surface area contributed by atoms with Crippen LogP contribution in [0.25, 0.3) is 0 Å². The Morgan fingerprint density at radius 2 is 1.38 bits per heavy atom. The second-order valence-electron chi connectivity index (χ2n) is 8.56. The largest absolute Gasteiger partial charge is 0.507 e. The maximum atomic E-state index is 10.7. The molecule has 2 heteroatoms. The molecule has 0 saturated carbocycles. The molecule has 0 atom stereocenters. The highest BCUT2D eigenvalue weighted by molar-refractivity contribution is 5.49. The number of nitrogens with one attached hydrogen (secondary N) is 1. The first kappa shape index (κ1) is 18.0. The molecule has 0 aliphatic carbocycles. The molecule has 2 nitrogen and oxygen atoms in total. The molecular weight excluding hydrogens is 258 g/mol. The van der Waals surface area contributed by atoms with Crippen LogP contribution in [0.15, 0.2) is 12.1 Å². The van der Waals surface area contributed by atoms with Crippen molar-refractivity contribution in [2.45, 2.75) is 72.8 Å². The molecule has 0 heterocycles. The maximum Gasteiger partial charge on any atom is 0.123 e.